The lowest BCUT2D eigenvalue weighted by molar-refractivity contribution is 0.225. The Hall–Kier alpha value is 0. The number of rotatable bonds is 13. The molecule has 0 aliphatic heterocycles. The van der Waals surface area contributed by atoms with Gasteiger partial charge in [-0.05, 0) is 36.5 Å². The lowest BCUT2D eigenvalue weighted by Gasteiger charge is -2.29. The second-order valence-electron chi connectivity index (χ2n) is 7.28. The van der Waals surface area contributed by atoms with Crippen molar-refractivity contribution in [3.05, 3.63) is 0 Å². The van der Waals surface area contributed by atoms with Gasteiger partial charge in [-0.25, -0.2) is 0 Å². The zero-order valence-corrected chi connectivity index (χ0v) is 15.4. The highest BCUT2D eigenvalue weighted by Crippen LogP contribution is 2.32. The van der Waals surface area contributed by atoms with Gasteiger partial charge in [0.2, 0.25) is 0 Å². The average Bonchev–Trinajstić information content (AvgIpc) is 2.46. The van der Waals surface area contributed by atoms with Crippen molar-refractivity contribution in [3.8, 4) is 0 Å². The van der Waals surface area contributed by atoms with E-state index >= 15 is 0 Å². The summed E-state index contributed by atoms with van der Waals surface area (Å²) >= 11 is 0. The van der Waals surface area contributed by atoms with Crippen molar-refractivity contribution < 1.29 is 0 Å². The van der Waals surface area contributed by atoms with E-state index in [1.165, 1.54) is 64.2 Å². The van der Waals surface area contributed by atoms with Crippen LogP contribution in [0.2, 0.25) is 0 Å². The van der Waals surface area contributed by atoms with E-state index in [4.69, 9.17) is 0 Å². The van der Waals surface area contributed by atoms with Crippen LogP contribution < -0.4 is 0 Å². The number of hydrogen-bond donors (Lipinski definition) is 0. The first kappa shape index (κ1) is 20.0. The van der Waals surface area contributed by atoms with E-state index in [0.29, 0.717) is 0 Å². The quantitative estimate of drug-likeness (QED) is 0.328. The number of hydrogen-bond acceptors (Lipinski definition) is 0. The molecule has 122 valence electrons. The Morgan fingerprint density at radius 2 is 1.30 bits per heavy atom. The van der Waals surface area contributed by atoms with Crippen LogP contribution in [-0.4, -0.2) is 0 Å². The summed E-state index contributed by atoms with van der Waals surface area (Å²) in [5.74, 6) is 3.78. The lowest BCUT2D eigenvalue weighted by atomic mass is 9.77. The molecular formula is C20H42. The molecule has 0 amide bonds. The van der Waals surface area contributed by atoms with Crippen LogP contribution >= 0.6 is 0 Å². The molecule has 0 aliphatic rings. The van der Waals surface area contributed by atoms with Gasteiger partial charge in [-0.15, -0.1) is 0 Å². The minimum Gasteiger partial charge on any atom is -0.0654 e. The highest BCUT2D eigenvalue weighted by molar-refractivity contribution is 4.72. The summed E-state index contributed by atoms with van der Waals surface area (Å²) in [4.78, 5) is 0. The molecule has 4 atom stereocenters. The molecule has 0 radical (unpaired) electrons. The van der Waals surface area contributed by atoms with Gasteiger partial charge in [0, 0.05) is 0 Å². The van der Waals surface area contributed by atoms with Crippen LogP contribution in [0.1, 0.15) is 106 Å². The maximum absolute atomic E-state index is 2.52. The van der Waals surface area contributed by atoms with Crippen molar-refractivity contribution in [1.82, 2.24) is 0 Å². The van der Waals surface area contributed by atoms with Gasteiger partial charge in [-0.1, -0.05) is 92.9 Å². The molecule has 0 aromatic heterocycles. The summed E-state index contributed by atoms with van der Waals surface area (Å²) < 4.78 is 0. The maximum Gasteiger partial charge on any atom is -0.0388 e. The van der Waals surface area contributed by atoms with Gasteiger partial charge < -0.3 is 0 Å². The predicted molar refractivity (Wildman–Crippen MR) is 94.2 cm³/mol. The third kappa shape index (κ3) is 9.03. The summed E-state index contributed by atoms with van der Waals surface area (Å²) in [6.45, 7) is 14.4. The van der Waals surface area contributed by atoms with Gasteiger partial charge in [-0.3, -0.25) is 0 Å². The summed E-state index contributed by atoms with van der Waals surface area (Å²) in [5, 5.41) is 0. The zero-order valence-electron chi connectivity index (χ0n) is 15.4. The fourth-order valence-corrected chi connectivity index (χ4v) is 3.69. The summed E-state index contributed by atoms with van der Waals surface area (Å²) in [7, 11) is 0. The predicted octanol–water partition coefficient (Wildman–Crippen LogP) is 7.47. The van der Waals surface area contributed by atoms with E-state index in [1.54, 1.807) is 0 Å². The molecule has 0 fully saturated rings. The fraction of sp³-hybridized carbons (Fsp3) is 1.00. The molecule has 0 aromatic carbocycles. The van der Waals surface area contributed by atoms with Crippen molar-refractivity contribution in [2.75, 3.05) is 0 Å². The Bertz CT molecular complexity index is 196. The van der Waals surface area contributed by atoms with Crippen LogP contribution in [0.25, 0.3) is 0 Å². The molecule has 0 saturated heterocycles. The third-order valence-electron chi connectivity index (χ3n) is 5.33. The highest BCUT2D eigenvalue weighted by Gasteiger charge is 2.21. The molecule has 0 aromatic rings. The molecule has 0 saturated carbocycles. The normalized spacial score (nSPS) is 17.7. The standard InChI is InChI=1S/C20H42/c1-7-11-13-17(5)15-20(10-4)18(6)16-19(9-3)14-12-8-2/h17-20H,7-16H2,1-6H3. The van der Waals surface area contributed by atoms with E-state index in [-0.39, 0.29) is 0 Å². The first-order valence-corrected chi connectivity index (χ1v) is 9.58. The van der Waals surface area contributed by atoms with E-state index < -0.39 is 0 Å². The second-order valence-corrected chi connectivity index (χ2v) is 7.28. The molecule has 0 aliphatic carbocycles. The van der Waals surface area contributed by atoms with Gasteiger partial charge in [0.15, 0.2) is 0 Å². The maximum atomic E-state index is 2.52. The topological polar surface area (TPSA) is 0 Å². The van der Waals surface area contributed by atoms with Crippen LogP contribution in [0, 0.1) is 23.7 Å². The molecule has 0 N–H and O–H groups in total. The molecule has 0 heterocycles. The minimum atomic E-state index is 0.922. The molecular weight excluding hydrogens is 240 g/mol. The Balaban J connectivity index is 4.19. The highest BCUT2D eigenvalue weighted by atomic mass is 14.3. The van der Waals surface area contributed by atoms with E-state index in [1.807, 2.05) is 0 Å². The van der Waals surface area contributed by atoms with Crippen molar-refractivity contribution in [1.29, 1.82) is 0 Å². The smallest absolute Gasteiger partial charge is 0.0388 e. The van der Waals surface area contributed by atoms with Crippen LogP contribution in [-0.2, 0) is 0 Å². The van der Waals surface area contributed by atoms with Gasteiger partial charge >= 0.3 is 0 Å². The SMILES string of the molecule is CCCCC(C)CC(CC)C(C)CC(CC)CCCC. The van der Waals surface area contributed by atoms with Crippen molar-refractivity contribution in [3.63, 3.8) is 0 Å². The molecule has 0 bridgehead atoms. The minimum absolute atomic E-state index is 0.922. The molecule has 0 nitrogen and oxygen atoms in total. The number of unbranched alkanes of at least 4 members (excludes halogenated alkanes) is 2. The summed E-state index contributed by atoms with van der Waals surface area (Å²) in [6, 6.07) is 0. The monoisotopic (exact) mass is 282 g/mol. The largest absolute Gasteiger partial charge is 0.0654 e. The average molecular weight is 283 g/mol. The second kappa shape index (κ2) is 12.7. The van der Waals surface area contributed by atoms with Crippen LogP contribution in [0.4, 0.5) is 0 Å². The molecule has 20 heavy (non-hydrogen) atoms. The Morgan fingerprint density at radius 3 is 1.80 bits per heavy atom. The lowest BCUT2D eigenvalue weighted by Crippen LogP contribution is -2.18. The molecule has 4 unspecified atom stereocenters. The molecule has 0 rings (SSSR count). The third-order valence-corrected chi connectivity index (χ3v) is 5.33. The van der Waals surface area contributed by atoms with E-state index in [0.717, 1.165) is 23.7 Å². The van der Waals surface area contributed by atoms with Gasteiger partial charge in [0.25, 0.3) is 0 Å². The van der Waals surface area contributed by atoms with E-state index in [9.17, 15) is 0 Å². The Labute approximate surface area is 130 Å². The van der Waals surface area contributed by atoms with Crippen LogP contribution in [0.5, 0.6) is 0 Å². The zero-order chi connectivity index (χ0) is 15.4. The van der Waals surface area contributed by atoms with Crippen molar-refractivity contribution >= 4 is 0 Å². The summed E-state index contributed by atoms with van der Waals surface area (Å²) in [6.07, 6.45) is 14.1. The van der Waals surface area contributed by atoms with E-state index in [2.05, 4.69) is 41.5 Å². The van der Waals surface area contributed by atoms with Gasteiger partial charge in [0.1, 0.15) is 0 Å². The van der Waals surface area contributed by atoms with Crippen LogP contribution in [0.3, 0.4) is 0 Å². The first-order valence-electron chi connectivity index (χ1n) is 9.58. The van der Waals surface area contributed by atoms with Gasteiger partial charge in [-0.2, -0.15) is 0 Å². The Kier molecular flexibility index (Phi) is 12.7. The first-order chi connectivity index (χ1) is 9.58. The van der Waals surface area contributed by atoms with Crippen LogP contribution in [0.15, 0.2) is 0 Å². The fourth-order valence-electron chi connectivity index (χ4n) is 3.69. The summed E-state index contributed by atoms with van der Waals surface area (Å²) in [5.41, 5.74) is 0. The molecule has 0 heteroatoms. The van der Waals surface area contributed by atoms with Crippen molar-refractivity contribution in [2.24, 2.45) is 23.7 Å². The van der Waals surface area contributed by atoms with Gasteiger partial charge in [0.05, 0.1) is 0 Å². The molecule has 0 spiro atoms. The Morgan fingerprint density at radius 1 is 0.700 bits per heavy atom. The van der Waals surface area contributed by atoms with Crippen molar-refractivity contribution in [2.45, 2.75) is 106 Å².